The highest BCUT2D eigenvalue weighted by Crippen LogP contribution is 2.14. The van der Waals surface area contributed by atoms with E-state index in [9.17, 15) is 4.79 Å². The highest BCUT2D eigenvalue weighted by atomic mass is 16.5. The van der Waals surface area contributed by atoms with Gasteiger partial charge in [0, 0.05) is 6.42 Å². The van der Waals surface area contributed by atoms with Gasteiger partial charge in [-0.25, -0.2) is 0 Å². The molecule has 0 atom stereocenters. The zero-order chi connectivity index (χ0) is 9.61. The molecule has 0 saturated heterocycles. The first-order chi connectivity index (χ1) is 5.48. The number of esters is 1. The summed E-state index contributed by atoms with van der Waals surface area (Å²) in [7, 11) is 0. The van der Waals surface area contributed by atoms with Gasteiger partial charge in [0.2, 0.25) is 0 Å². The summed E-state index contributed by atoms with van der Waals surface area (Å²) in [5.41, 5.74) is -0.423. The first-order valence-electron chi connectivity index (χ1n) is 4.11. The molecule has 0 aromatic rings. The van der Waals surface area contributed by atoms with Crippen LogP contribution in [0.1, 0.15) is 34.1 Å². The van der Waals surface area contributed by atoms with Gasteiger partial charge >= 0.3 is 5.97 Å². The highest BCUT2D eigenvalue weighted by Gasteiger charge is 2.22. The van der Waals surface area contributed by atoms with E-state index in [0.29, 0.717) is 0 Å². The van der Waals surface area contributed by atoms with Gasteiger partial charge < -0.3 is 4.74 Å². The van der Waals surface area contributed by atoms with Gasteiger partial charge in [-0.15, -0.1) is 5.92 Å². The number of carbonyl (C=O) groups excluding carboxylic acids is 1. The minimum Gasteiger partial charge on any atom is -0.452 e. The quantitative estimate of drug-likeness (QED) is 0.442. The van der Waals surface area contributed by atoms with E-state index in [2.05, 4.69) is 11.8 Å². The first-order valence-corrected chi connectivity index (χ1v) is 4.11. The summed E-state index contributed by atoms with van der Waals surface area (Å²) < 4.78 is 4.90. The Morgan fingerprint density at radius 2 is 1.92 bits per heavy atom. The van der Waals surface area contributed by atoms with Crippen LogP contribution in [0.15, 0.2) is 0 Å². The fourth-order valence-corrected chi connectivity index (χ4v) is 0.494. The predicted molar refractivity (Wildman–Crippen MR) is 48.5 cm³/mol. The topological polar surface area (TPSA) is 26.3 Å². The van der Waals surface area contributed by atoms with Crippen molar-refractivity contribution in [3.05, 3.63) is 0 Å². The van der Waals surface area contributed by atoms with E-state index in [0.717, 1.165) is 6.42 Å². The van der Waals surface area contributed by atoms with Crippen molar-refractivity contribution >= 4 is 5.97 Å². The van der Waals surface area contributed by atoms with E-state index in [1.54, 1.807) is 0 Å². The third-order valence-electron chi connectivity index (χ3n) is 1.19. The van der Waals surface area contributed by atoms with Gasteiger partial charge in [0.15, 0.2) is 6.61 Å². The number of rotatable bonds is 1. The fraction of sp³-hybridized carbons (Fsp3) is 0.700. The molecule has 0 spiro atoms. The molecular formula is C10H16O2. The fourth-order valence-electron chi connectivity index (χ4n) is 0.494. The third kappa shape index (κ3) is 4.79. The molecule has 0 bridgehead atoms. The first kappa shape index (κ1) is 11.0. The standard InChI is InChI=1S/C10H16O2/c1-5-6-7-8-12-9(11)10(2,3)4/h5,8H2,1-4H3. The molecule has 2 heteroatoms. The van der Waals surface area contributed by atoms with Crippen molar-refractivity contribution in [2.75, 3.05) is 6.61 Å². The lowest BCUT2D eigenvalue weighted by atomic mass is 9.97. The maximum atomic E-state index is 11.1. The van der Waals surface area contributed by atoms with Gasteiger partial charge in [-0.1, -0.05) is 12.8 Å². The van der Waals surface area contributed by atoms with Crippen LogP contribution < -0.4 is 0 Å². The van der Waals surface area contributed by atoms with Crippen LogP contribution >= 0.6 is 0 Å². The molecule has 68 valence electrons. The molecule has 0 saturated carbocycles. The van der Waals surface area contributed by atoms with Crippen molar-refractivity contribution in [2.45, 2.75) is 34.1 Å². The van der Waals surface area contributed by atoms with Crippen LogP contribution in [-0.4, -0.2) is 12.6 Å². The summed E-state index contributed by atoms with van der Waals surface area (Å²) >= 11 is 0. The van der Waals surface area contributed by atoms with E-state index >= 15 is 0 Å². The van der Waals surface area contributed by atoms with Crippen LogP contribution in [0.5, 0.6) is 0 Å². The molecule has 0 amide bonds. The lowest BCUT2D eigenvalue weighted by Gasteiger charge is -2.14. The summed E-state index contributed by atoms with van der Waals surface area (Å²) in [6, 6.07) is 0. The lowest BCUT2D eigenvalue weighted by molar-refractivity contribution is -0.151. The van der Waals surface area contributed by atoms with Crippen LogP contribution in [0.3, 0.4) is 0 Å². The number of hydrogen-bond acceptors (Lipinski definition) is 2. The Balaban J connectivity index is 3.73. The normalized spacial score (nSPS) is 10.0. The van der Waals surface area contributed by atoms with Gasteiger partial charge in [0.1, 0.15) is 0 Å². The molecule has 2 nitrogen and oxygen atoms in total. The zero-order valence-corrected chi connectivity index (χ0v) is 8.23. The third-order valence-corrected chi connectivity index (χ3v) is 1.19. The molecule has 0 aliphatic heterocycles. The van der Waals surface area contributed by atoms with Crippen molar-refractivity contribution in [1.82, 2.24) is 0 Å². The lowest BCUT2D eigenvalue weighted by Crippen LogP contribution is -2.22. The largest absolute Gasteiger partial charge is 0.452 e. The van der Waals surface area contributed by atoms with E-state index in [-0.39, 0.29) is 12.6 Å². The van der Waals surface area contributed by atoms with Gasteiger partial charge in [0.25, 0.3) is 0 Å². The second-order valence-electron chi connectivity index (χ2n) is 3.53. The molecule has 12 heavy (non-hydrogen) atoms. The Labute approximate surface area is 74.3 Å². The van der Waals surface area contributed by atoms with Gasteiger partial charge in [-0.2, -0.15) is 0 Å². The van der Waals surface area contributed by atoms with Crippen molar-refractivity contribution in [2.24, 2.45) is 5.41 Å². The van der Waals surface area contributed by atoms with Gasteiger partial charge in [0.05, 0.1) is 5.41 Å². The molecule has 0 unspecified atom stereocenters. The number of ether oxygens (including phenoxy) is 1. The summed E-state index contributed by atoms with van der Waals surface area (Å²) in [5, 5.41) is 0. The summed E-state index contributed by atoms with van der Waals surface area (Å²) in [6.45, 7) is 7.64. The van der Waals surface area contributed by atoms with Crippen LogP contribution in [-0.2, 0) is 9.53 Å². The Kier molecular flexibility index (Phi) is 4.43. The Morgan fingerprint density at radius 1 is 1.33 bits per heavy atom. The monoisotopic (exact) mass is 168 g/mol. The maximum Gasteiger partial charge on any atom is 0.312 e. The van der Waals surface area contributed by atoms with E-state index in [1.165, 1.54) is 0 Å². The molecule has 0 heterocycles. The molecule has 0 fully saturated rings. The summed E-state index contributed by atoms with van der Waals surface area (Å²) in [6.07, 6.45) is 0.799. The highest BCUT2D eigenvalue weighted by molar-refractivity contribution is 5.75. The molecule has 0 aromatic carbocycles. The Bertz CT molecular complexity index is 200. The zero-order valence-electron chi connectivity index (χ0n) is 8.23. The van der Waals surface area contributed by atoms with E-state index in [1.807, 2.05) is 27.7 Å². The van der Waals surface area contributed by atoms with Gasteiger partial charge in [-0.3, -0.25) is 4.79 Å². The minimum atomic E-state index is -0.423. The Morgan fingerprint density at radius 3 is 2.33 bits per heavy atom. The molecular weight excluding hydrogens is 152 g/mol. The number of hydrogen-bond donors (Lipinski definition) is 0. The van der Waals surface area contributed by atoms with E-state index < -0.39 is 5.41 Å². The van der Waals surface area contributed by atoms with Gasteiger partial charge in [-0.05, 0) is 20.8 Å². The second kappa shape index (κ2) is 4.82. The second-order valence-corrected chi connectivity index (χ2v) is 3.53. The number of carbonyl (C=O) groups is 1. The molecule has 0 aromatic heterocycles. The average molecular weight is 168 g/mol. The molecule has 0 aliphatic rings. The predicted octanol–water partition coefficient (Wildman–Crippen LogP) is 1.99. The van der Waals surface area contributed by atoms with Crippen molar-refractivity contribution in [3.8, 4) is 11.8 Å². The van der Waals surface area contributed by atoms with Crippen LogP contribution in [0, 0.1) is 17.3 Å². The maximum absolute atomic E-state index is 11.1. The molecule has 0 radical (unpaired) electrons. The van der Waals surface area contributed by atoms with Crippen molar-refractivity contribution < 1.29 is 9.53 Å². The minimum absolute atomic E-state index is 0.201. The molecule has 0 aliphatic carbocycles. The van der Waals surface area contributed by atoms with Crippen molar-refractivity contribution in [3.63, 3.8) is 0 Å². The van der Waals surface area contributed by atoms with Crippen LogP contribution in [0.25, 0.3) is 0 Å². The summed E-state index contributed by atoms with van der Waals surface area (Å²) in [4.78, 5) is 11.1. The van der Waals surface area contributed by atoms with Crippen LogP contribution in [0.2, 0.25) is 0 Å². The summed E-state index contributed by atoms with van der Waals surface area (Å²) in [5.74, 6) is 5.37. The van der Waals surface area contributed by atoms with Crippen molar-refractivity contribution in [1.29, 1.82) is 0 Å². The SMILES string of the molecule is CCC#CCOC(=O)C(C)(C)C. The molecule has 0 N–H and O–H groups in total. The average Bonchev–Trinajstić information content (AvgIpc) is 1.96. The van der Waals surface area contributed by atoms with E-state index in [4.69, 9.17) is 4.74 Å². The van der Waals surface area contributed by atoms with Crippen LogP contribution in [0.4, 0.5) is 0 Å². The molecule has 0 rings (SSSR count). The smallest absolute Gasteiger partial charge is 0.312 e. The Hall–Kier alpha value is -0.970.